The van der Waals surface area contributed by atoms with Gasteiger partial charge in [-0.15, -0.1) is 0 Å². The minimum Gasteiger partial charge on any atom is -0.396 e. The summed E-state index contributed by atoms with van der Waals surface area (Å²) in [4.78, 5) is 0. The Morgan fingerprint density at radius 2 is 1.89 bits per heavy atom. The lowest BCUT2D eigenvalue weighted by atomic mass is 9.79. The molecule has 2 unspecified atom stereocenters. The monoisotopic (exact) mass is 269 g/mol. The smallest absolute Gasteiger partial charge is 0.163 e. The van der Waals surface area contributed by atoms with Gasteiger partial charge in [-0.25, -0.2) is 8.78 Å². The van der Waals surface area contributed by atoms with Crippen molar-refractivity contribution in [2.45, 2.75) is 32.2 Å². The average molecular weight is 269 g/mol. The number of aliphatic hydroxyl groups is 1. The van der Waals surface area contributed by atoms with E-state index in [0.717, 1.165) is 25.5 Å². The van der Waals surface area contributed by atoms with E-state index in [4.69, 9.17) is 0 Å². The van der Waals surface area contributed by atoms with E-state index in [2.05, 4.69) is 5.32 Å². The maximum absolute atomic E-state index is 13.5. The first-order valence-corrected chi connectivity index (χ1v) is 6.97. The minimum absolute atomic E-state index is 0.223. The third-order valence-corrected chi connectivity index (χ3v) is 4.05. The second-order valence-corrected chi connectivity index (χ2v) is 5.33. The van der Waals surface area contributed by atoms with Gasteiger partial charge in [0.2, 0.25) is 0 Å². The summed E-state index contributed by atoms with van der Waals surface area (Å²) < 4.78 is 26.5. The Balaban J connectivity index is 1.84. The van der Waals surface area contributed by atoms with Gasteiger partial charge >= 0.3 is 0 Å². The SMILES string of the molecule is OCC1CCCCC1CNCc1cccc(F)c1F. The summed E-state index contributed by atoms with van der Waals surface area (Å²) in [6, 6.07) is 4.24. The van der Waals surface area contributed by atoms with E-state index in [-0.39, 0.29) is 6.61 Å². The van der Waals surface area contributed by atoms with Crippen LogP contribution in [0.25, 0.3) is 0 Å². The Kier molecular flexibility index (Phi) is 5.28. The van der Waals surface area contributed by atoms with Gasteiger partial charge in [-0.2, -0.15) is 0 Å². The molecule has 2 atom stereocenters. The van der Waals surface area contributed by atoms with Gasteiger partial charge in [0.05, 0.1) is 0 Å². The van der Waals surface area contributed by atoms with Crippen molar-refractivity contribution in [3.63, 3.8) is 0 Å². The molecule has 2 nitrogen and oxygen atoms in total. The highest BCUT2D eigenvalue weighted by molar-refractivity contribution is 5.18. The number of aliphatic hydroxyl groups excluding tert-OH is 1. The number of halogens is 2. The van der Waals surface area contributed by atoms with E-state index < -0.39 is 11.6 Å². The molecule has 2 rings (SSSR count). The normalized spacial score (nSPS) is 23.5. The molecular formula is C15H21F2NO. The maximum Gasteiger partial charge on any atom is 0.163 e. The van der Waals surface area contributed by atoms with E-state index in [9.17, 15) is 13.9 Å². The van der Waals surface area contributed by atoms with Gasteiger partial charge in [0.25, 0.3) is 0 Å². The highest BCUT2D eigenvalue weighted by Gasteiger charge is 2.23. The Labute approximate surface area is 112 Å². The van der Waals surface area contributed by atoms with Gasteiger partial charge in [-0.3, -0.25) is 0 Å². The van der Waals surface area contributed by atoms with E-state index >= 15 is 0 Å². The van der Waals surface area contributed by atoms with Crippen molar-refractivity contribution in [1.82, 2.24) is 5.32 Å². The van der Waals surface area contributed by atoms with Crippen LogP contribution < -0.4 is 5.32 Å². The van der Waals surface area contributed by atoms with Crippen LogP contribution in [0.3, 0.4) is 0 Å². The zero-order chi connectivity index (χ0) is 13.7. The Hall–Kier alpha value is -1.00. The topological polar surface area (TPSA) is 32.3 Å². The Bertz CT molecular complexity index is 411. The van der Waals surface area contributed by atoms with Crippen LogP contribution in [0.4, 0.5) is 8.78 Å². The van der Waals surface area contributed by atoms with Crippen LogP contribution in [0, 0.1) is 23.5 Å². The van der Waals surface area contributed by atoms with Crippen molar-refractivity contribution >= 4 is 0 Å². The number of hydrogen-bond donors (Lipinski definition) is 2. The average Bonchev–Trinajstić information content (AvgIpc) is 2.44. The first-order chi connectivity index (χ1) is 9.22. The third-order valence-electron chi connectivity index (χ3n) is 4.05. The molecular weight excluding hydrogens is 248 g/mol. The third kappa shape index (κ3) is 3.74. The molecule has 0 aromatic heterocycles. The molecule has 1 aromatic rings. The zero-order valence-corrected chi connectivity index (χ0v) is 11.0. The van der Waals surface area contributed by atoms with Crippen LogP contribution >= 0.6 is 0 Å². The molecule has 0 radical (unpaired) electrons. The molecule has 2 N–H and O–H groups in total. The molecule has 4 heteroatoms. The standard InChI is InChI=1S/C15H21F2NO/c16-14-7-3-6-12(15(14)17)9-18-8-11-4-1-2-5-13(11)10-19/h3,6-7,11,13,18-19H,1-2,4-5,8-10H2. The fourth-order valence-electron chi connectivity index (χ4n) is 2.87. The van der Waals surface area contributed by atoms with Crippen molar-refractivity contribution in [3.05, 3.63) is 35.4 Å². The molecule has 0 saturated heterocycles. The second kappa shape index (κ2) is 6.96. The molecule has 106 valence electrons. The summed E-state index contributed by atoms with van der Waals surface area (Å²) in [5, 5.41) is 12.5. The predicted molar refractivity (Wildman–Crippen MR) is 70.6 cm³/mol. The van der Waals surface area contributed by atoms with Crippen molar-refractivity contribution in [1.29, 1.82) is 0 Å². The minimum atomic E-state index is -0.801. The van der Waals surface area contributed by atoms with E-state index in [1.807, 2.05) is 0 Å². The van der Waals surface area contributed by atoms with Crippen molar-refractivity contribution in [3.8, 4) is 0 Å². The number of hydrogen-bond acceptors (Lipinski definition) is 2. The summed E-state index contributed by atoms with van der Waals surface area (Å²) in [5.41, 5.74) is 0.358. The van der Waals surface area contributed by atoms with Crippen molar-refractivity contribution < 1.29 is 13.9 Å². The van der Waals surface area contributed by atoms with Gasteiger partial charge in [-0.05, 0) is 37.3 Å². The molecule has 1 aliphatic carbocycles. The molecule has 0 amide bonds. The van der Waals surface area contributed by atoms with E-state index in [1.54, 1.807) is 6.07 Å². The Morgan fingerprint density at radius 3 is 2.63 bits per heavy atom. The molecule has 1 fully saturated rings. The lowest BCUT2D eigenvalue weighted by molar-refractivity contribution is 0.133. The van der Waals surface area contributed by atoms with Crippen LogP contribution in [0.5, 0.6) is 0 Å². The molecule has 1 saturated carbocycles. The van der Waals surface area contributed by atoms with E-state index in [1.165, 1.54) is 18.9 Å². The van der Waals surface area contributed by atoms with Crippen molar-refractivity contribution in [2.24, 2.45) is 11.8 Å². The first-order valence-electron chi connectivity index (χ1n) is 6.97. The molecule has 0 heterocycles. The van der Waals surface area contributed by atoms with Crippen LogP contribution in [-0.2, 0) is 6.54 Å². The van der Waals surface area contributed by atoms with Crippen LogP contribution in [-0.4, -0.2) is 18.3 Å². The maximum atomic E-state index is 13.5. The lowest BCUT2D eigenvalue weighted by Crippen LogP contribution is -2.32. The van der Waals surface area contributed by atoms with Gasteiger partial charge < -0.3 is 10.4 Å². The summed E-state index contributed by atoms with van der Waals surface area (Å²) >= 11 is 0. The summed E-state index contributed by atoms with van der Waals surface area (Å²) in [7, 11) is 0. The van der Waals surface area contributed by atoms with Gasteiger partial charge in [0.1, 0.15) is 0 Å². The second-order valence-electron chi connectivity index (χ2n) is 5.33. The highest BCUT2D eigenvalue weighted by atomic mass is 19.2. The van der Waals surface area contributed by atoms with E-state index in [0.29, 0.717) is 23.9 Å². The zero-order valence-electron chi connectivity index (χ0n) is 11.0. The quantitative estimate of drug-likeness (QED) is 0.861. The molecule has 0 spiro atoms. The number of benzene rings is 1. The molecule has 0 bridgehead atoms. The van der Waals surface area contributed by atoms with Crippen LogP contribution in [0.2, 0.25) is 0 Å². The largest absolute Gasteiger partial charge is 0.396 e. The van der Waals surface area contributed by atoms with Crippen LogP contribution in [0.15, 0.2) is 18.2 Å². The fourth-order valence-corrected chi connectivity index (χ4v) is 2.87. The van der Waals surface area contributed by atoms with Gasteiger partial charge in [0, 0.05) is 18.7 Å². The van der Waals surface area contributed by atoms with Gasteiger partial charge in [-0.1, -0.05) is 25.0 Å². The molecule has 1 aliphatic rings. The first kappa shape index (κ1) is 14.4. The fraction of sp³-hybridized carbons (Fsp3) is 0.600. The van der Waals surface area contributed by atoms with Crippen molar-refractivity contribution in [2.75, 3.05) is 13.2 Å². The predicted octanol–water partition coefficient (Wildman–Crippen LogP) is 2.85. The molecule has 0 aliphatic heterocycles. The summed E-state index contributed by atoms with van der Waals surface area (Å²) in [6.45, 7) is 1.31. The highest BCUT2D eigenvalue weighted by Crippen LogP contribution is 2.29. The van der Waals surface area contributed by atoms with Crippen LogP contribution in [0.1, 0.15) is 31.2 Å². The van der Waals surface area contributed by atoms with Gasteiger partial charge in [0.15, 0.2) is 11.6 Å². The number of nitrogens with one attached hydrogen (secondary N) is 1. The Morgan fingerprint density at radius 1 is 1.16 bits per heavy atom. The summed E-state index contributed by atoms with van der Waals surface area (Å²) in [6.07, 6.45) is 4.54. The molecule has 1 aromatic carbocycles. The lowest BCUT2D eigenvalue weighted by Gasteiger charge is -2.30. The summed E-state index contributed by atoms with van der Waals surface area (Å²) in [5.74, 6) is -0.781. The molecule has 19 heavy (non-hydrogen) atoms. The number of rotatable bonds is 5.